The van der Waals surface area contributed by atoms with Crippen molar-refractivity contribution >= 4 is 46.6 Å². The van der Waals surface area contributed by atoms with Gasteiger partial charge in [0, 0.05) is 5.02 Å². The van der Waals surface area contributed by atoms with Crippen LogP contribution in [0, 0.1) is 0 Å². The van der Waals surface area contributed by atoms with Crippen LogP contribution in [0.3, 0.4) is 0 Å². The SMILES string of the molecule is CC(Oc1ccccc1Cl)C(=O)NNC(=O)C(C)Oc1ccc(Cl)cc1Cl. The molecule has 0 saturated carbocycles. The molecule has 2 N–H and O–H groups in total. The van der Waals surface area contributed by atoms with E-state index < -0.39 is 24.0 Å². The van der Waals surface area contributed by atoms with Gasteiger partial charge in [0.05, 0.1) is 10.0 Å². The number of hydrogen-bond donors (Lipinski definition) is 2. The zero-order valence-electron chi connectivity index (χ0n) is 14.5. The Balaban J connectivity index is 1.84. The Morgan fingerprint density at radius 2 is 1.33 bits per heavy atom. The smallest absolute Gasteiger partial charge is 0.279 e. The third-order valence-corrected chi connectivity index (χ3v) is 4.23. The number of rotatable bonds is 6. The Kier molecular flexibility index (Phi) is 7.59. The van der Waals surface area contributed by atoms with Gasteiger partial charge in [-0.25, -0.2) is 0 Å². The fourth-order valence-electron chi connectivity index (χ4n) is 1.93. The number of carbonyl (C=O) groups is 2. The lowest BCUT2D eigenvalue weighted by atomic mass is 10.3. The van der Waals surface area contributed by atoms with Crippen molar-refractivity contribution in [1.29, 1.82) is 0 Å². The maximum Gasteiger partial charge on any atom is 0.279 e. The third-order valence-electron chi connectivity index (χ3n) is 3.39. The largest absolute Gasteiger partial charge is 0.479 e. The molecular formula is C18H17Cl3N2O4. The molecule has 2 aromatic carbocycles. The van der Waals surface area contributed by atoms with Crippen LogP contribution in [-0.2, 0) is 9.59 Å². The van der Waals surface area contributed by atoms with Crippen LogP contribution >= 0.6 is 34.8 Å². The molecule has 2 unspecified atom stereocenters. The highest BCUT2D eigenvalue weighted by atomic mass is 35.5. The molecule has 27 heavy (non-hydrogen) atoms. The van der Waals surface area contributed by atoms with Gasteiger partial charge >= 0.3 is 0 Å². The molecule has 2 aromatic rings. The van der Waals surface area contributed by atoms with Gasteiger partial charge in [-0.05, 0) is 44.2 Å². The molecule has 6 nitrogen and oxygen atoms in total. The summed E-state index contributed by atoms with van der Waals surface area (Å²) in [5.41, 5.74) is 4.54. The van der Waals surface area contributed by atoms with Gasteiger partial charge in [-0.3, -0.25) is 20.4 Å². The number of ether oxygens (including phenoxy) is 2. The average molecular weight is 432 g/mol. The second kappa shape index (κ2) is 9.69. The van der Waals surface area contributed by atoms with Crippen molar-refractivity contribution in [3.05, 3.63) is 57.5 Å². The summed E-state index contributed by atoms with van der Waals surface area (Å²) in [7, 11) is 0. The van der Waals surface area contributed by atoms with Gasteiger partial charge in [-0.1, -0.05) is 46.9 Å². The molecule has 0 radical (unpaired) electrons. The van der Waals surface area contributed by atoms with E-state index in [-0.39, 0.29) is 5.02 Å². The number of hydrogen-bond acceptors (Lipinski definition) is 4. The molecule has 2 atom stereocenters. The first-order chi connectivity index (χ1) is 12.8. The van der Waals surface area contributed by atoms with Crippen molar-refractivity contribution in [2.24, 2.45) is 0 Å². The van der Waals surface area contributed by atoms with Crippen LogP contribution < -0.4 is 20.3 Å². The van der Waals surface area contributed by atoms with E-state index in [0.29, 0.717) is 21.5 Å². The second-order valence-electron chi connectivity index (χ2n) is 5.50. The highest BCUT2D eigenvalue weighted by Gasteiger charge is 2.20. The number of nitrogens with one attached hydrogen (secondary N) is 2. The Hall–Kier alpha value is -2.15. The third kappa shape index (κ3) is 6.20. The number of carbonyl (C=O) groups excluding carboxylic acids is 2. The molecule has 0 aromatic heterocycles. The molecule has 0 aliphatic rings. The van der Waals surface area contributed by atoms with E-state index in [1.54, 1.807) is 36.4 Å². The number of amides is 2. The minimum absolute atomic E-state index is 0.271. The first-order valence-corrected chi connectivity index (χ1v) is 9.04. The summed E-state index contributed by atoms with van der Waals surface area (Å²) < 4.78 is 10.9. The van der Waals surface area contributed by atoms with Gasteiger partial charge in [0.15, 0.2) is 12.2 Å². The topological polar surface area (TPSA) is 76.7 Å². The molecule has 0 fully saturated rings. The summed E-state index contributed by atoms with van der Waals surface area (Å²) in [6.45, 7) is 3.04. The molecule has 0 aliphatic carbocycles. The predicted molar refractivity (Wildman–Crippen MR) is 104 cm³/mol. The first-order valence-electron chi connectivity index (χ1n) is 7.90. The van der Waals surface area contributed by atoms with Gasteiger partial charge in [0.1, 0.15) is 11.5 Å². The molecule has 9 heteroatoms. The summed E-state index contributed by atoms with van der Waals surface area (Å²) in [6.07, 6.45) is -1.80. The highest BCUT2D eigenvalue weighted by molar-refractivity contribution is 6.35. The fraction of sp³-hybridized carbons (Fsp3) is 0.222. The quantitative estimate of drug-likeness (QED) is 0.677. The van der Waals surface area contributed by atoms with E-state index in [1.165, 1.54) is 19.9 Å². The first kappa shape index (κ1) is 21.2. The Morgan fingerprint density at radius 3 is 1.85 bits per heavy atom. The van der Waals surface area contributed by atoms with Crippen molar-refractivity contribution < 1.29 is 19.1 Å². The highest BCUT2D eigenvalue weighted by Crippen LogP contribution is 2.28. The van der Waals surface area contributed by atoms with Crippen molar-refractivity contribution in [1.82, 2.24) is 10.9 Å². The molecule has 2 amide bonds. The van der Waals surface area contributed by atoms with Crippen LogP contribution in [0.1, 0.15) is 13.8 Å². The summed E-state index contributed by atoms with van der Waals surface area (Å²) in [5.74, 6) is -0.466. The monoisotopic (exact) mass is 430 g/mol. The molecule has 2 rings (SSSR count). The lowest BCUT2D eigenvalue weighted by molar-refractivity contribution is -0.135. The van der Waals surface area contributed by atoms with Crippen molar-refractivity contribution in [3.63, 3.8) is 0 Å². The maximum atomic E-state index is 12.1. The van der Waals surface area contributed by atoms with E-state index >= 15 is 0 Å². The van der Waals surface area contributed by atoms with E-state index in [0.717, 1.165) is 0 Å². The number of hydrazine groups is 1. The lowest BCUT2D eigenvalue weighted by Gasteiger charge is -2.18. The van der Waals surface area contributed by atoms with Crippen LogP contribution in [0.25, 0.3) is 0 Å². The summed E-state index contributed by atoms with van der Waals surface area (Å²) in [4.78, 5) is 24.1. The van der Waals surface area contributed by atoms with Crippen molar-refractivity contribution in [2.75, 3.05) is 0 Å². The molecule has 144 valence electrons. The molecule has 0 heterocycles. The Bertz CT molecular complexity index is 832. The molecular weight excluding hydrogens is 415 g/mol. The molecule has 0 spiro atoms. The van der Waals surface area contributed by atoms with Gasteiger partial charge in [-0.2, -0.15) is 0 Å². The van der Waals surface area contributed by atoms with Crippen LogP contribution in [0.15, 0.2) is 42.5 Å². The van der Waals surface area contributed by atoms with E-state index in [4.69, 9.17) is 44.3 Å². The van der Waals surface area contributed by atoms with Gasteiger partial charge in [0.25, 0.3) is 11.8 Å². The van der Waals surface area contributed by atoms with Crippen molar-refractivity contribution in [3.8, 4) is 11.5 Å². The normalized spacial score (nSPS) is 12.6. The van der Waals surface area contributed by atoms with Crippen LogP contribution in [0.2, 0.25) is 15.1 Å². The van der Waals surface area contributed by atoms with Crippen LogP contribution in [0.5, 0.6) is 11.5 Å². The maximum absolute atomic E-state index is 12.1. The number of para-hydroxylation sites is 1. The minimum Gasteiger partial charge on any atom is -0.479 e. The zero-order valence-corrected chi connectivity index (χ0v) is 16.7. The van der Waals surface area contributed by atoms with Gasteiger partial charge in [0.2, 0.25) is 0 Å². The Labute approximate surface area is 171 Å². The molecule has 0 saturated heterocycles. The summed E-state index contributed by atoms with van der Waals surface area (Å²) in [6, 6.07) is 11.4. The predicted octanol–water partition coefficient (Wildman–Crippen LogP) is 4.03. The standard InChI is InChI=1S/C18H17Cl3N2O4/c1-10(26-15-6-4-3-5-13(15)20)17(24)22-23-18(25)11(2)27-16-8-7-12(19)9-14(16)21/h3-11H,1-2H3,(H,22,24)(H,23,25). The number of halogens is 3. The van der Waals surface area contributed by atoms with Gasteiger partial charge in [-0.15, -0.1) is 0 Å². The molecule has 0 aliphatic heterocycles. The molecule has 0 bridgehead atoms. The average Bonchev–Trinajstić information content (AvgIpc) is 2.63. The number of benzene rings is 2. The van der Waals surface area contributed by atoms with Gasteiger partial charge < -0.3 is 9.47 Å². The van der Waals surface area contributed by atoms with Crippen molar-refractivity contribution in [2.45, 2.75) is 26.1 Å². The second-order valence-corrected chi connectivity index (χ2v) is 6.75. The lowest BCUT2D eigenvalue weighted by Crippen LogP contribution is -2.50. The summed E-state index contributed by atoms with van der Waals surface area (Å²) >= 11 is 17.8. The van der Waals surface area contributed by atoms with E-state index in [2.05, 4.69) is 10.9 Å². The fourth-order valence-corrected chi connectivity index (χ4v) is 2.56. The van der Waals surface area contributed by atoms with Crippen LogP contribution in [0.4, 0.5) is 0 Å². The Morgan fingerprint density at radius 1 is 0.815 bits per heavy atom. The summed E-state index contributed by atoms with van der Waals surface area (Å²) in [5, 5.41) is 1.10. The zero-order chi connectivity index (χ0) is 20.0. The van der Waals surface area contributed by atoms with E-state index in [9.17, 15) is 9.59 Å². The minimum atomic E-state index is -0.913. The van der Waals surface area contributed by atoms with Crippen LogP contribution in [-0.4, -0.2) is 24.0 Å². The van der Waals surface area contributed by atoms with E-state index in [1.807, 2.05) is 0 Å².